The molecule has 0 aromatic rings. The zero-order valence-corrected chi connectivity index (χ0v) is 16.5. The summed E-state index contributed by atoms with van der Waals surface area (Å²) in [7, 11) is 0. The number of likely N-dealkylation sites (tertiary alicyclic amines) is 1. The number of epoxide rings is 1. The van der Waals surface area contributed by atoms with Gasteiger partial charge in [-0.25, -0.2) is 0 Å². The maximum atomic E-state index is 12.8. The van der Waals surface area contributed by atoms with E-state index in [9.17, 15) is 4.79 Å². The zero-order chi connectivity index (χ0) is 18.1. The van der Waals surface area contributed by atoms with Crippen LogP contribution in [0.1, 0.15) is 71.6 Å². The molecule has 1 aliphatic carbocycles. The predicted molar refractivity (Wildman–Crippen MR) is 102 cm³/mol. The Labute approximate surface area is 158 Å². The summed E-state index contributed by atoms with van der Waals surface area (Å²) in [5, 5.41) is 0. The van der Waals surface area contributed by atoms with Crippen molar-refractivity contribution in [1.29, 1.82) is 0 Å². The molecule has 4 aliphatic rings. The number of carbonyl (C=O) groups excluding carboxylic acids is 1. The molecule has 3 heterocycles. The SMILES string of the molecule is C/C1=C\CC[C@@]2(C)O[C@H]2[C@H]2OC(=O)[C@@H](CN3CCCCCCC3)[C@@H]2CC1. The van der Waals surface area contributed by atoms with Gasteiger partial charge in [0, 0.05) is 12.5 Å². The molecule has 4 rings (SSSR count). The van der Waals surface area contributed by atoms with Gasteiger partial charge in [0.05, 0.1) is 11.5 Å². The van der Waals surface area contributed by atoms with Gasteiger partial charge in [0.1, 0.15) is 12.2 Å². The number of carbonyl (C=O) groups is 1. The van der Waals surface area contributed by atoms with Crippen molar-refractivity contribution in [3.05, 3.63) is 11.6 Å². The molecule has 3 aliphatic heterocycles. The molecule has 0 spiro atoms. The van der Waals surface area contributed by atoms with Crippen LogP contribution in [-0.4, -0.2) is 48.3 Å². The number of fused-ring (bicyclic) bond motifs is 3. The Bertz CT molecular complexity index is 552. The Morgan fingerprint density at radius 2 is 1.92 bits per heavy atom. The normalized spacial score (nSPS) is 43.9. The van der Waals surface area contributed by atoms with Gasteiger partial charge < -0.3 is 14.4 Å². The molecule has 4 nitrogen and oxygen atoms in total. The second-order valence-electron chi connectivity index (χ2n) is 9.22. The van der Waals surface area contributed by atoms with E-state index < -0.39 is 0 Å². The van der Waals surface area contributed by atoms with Gasteiger partial charge in [0.25, 0.3) is 0 Å². The predicted octanol–water partition coefficient (Wildman–Crippen LogP) is 4.09. The molecule has 5 atom stereocenters. The van der Waals surface area contributed by atoms with E-state index in [0.29, 0.717) is 5.92 Å². The number of hydrogen-bond donors (Lipinski definition) is 0. The lowest BCUT2D eigenvalue weighted by Crippen LogP contribution is -2.38. The fraction of sp³-hybridized carbons (Fsp3) is 0.864. The first-order chi connectivity index (χ1) is 12.6. The number of nitrogens with zero attached hydrogens (tertiary/aromatic N) is 1. The topological polar surface area (TPSA) is 42.1 Å². The van der Waals surface area contributed by atoms with E-state index in [1.807, 2.05) is 0 Å². The highest BCUT2D eigenvalue weighted by Gasteiger charge is 2.62. The molecule has 0 radical (unpaired) electrons. The second-order valence-corrected chi connectivity index (χ2v) is 9.22. The molecular weight excluding hydrogens is 326 g/mol. The summed E-state index contributed by atoms with van der Waals surface area (Å²) in [6.45, 7) is 7.58. The molecule has 0 aromatic heterocycles. The van der Waals surface area contributed by atoms with Gasteiger partial charge in [0.2, 0.25) is 0 Å². The molecule has 0 N–H and O–H groups in total. The largest absolute Gasteiger partial charge is 0.459 e. The van der Waals surface area contributed by atoms with Gasteiger partial charge in [-0.15, -0.1) is 0 Å². The number of esters is 1. The maximum Gasteiger partial charge on any atom is 0.311 e. The van der Waals surface area contributed by atoms with Crippen molar-refractivity contribution in [2.45, 2.75) is 89.4 Å². The van der Waals surface area contributed by atoms with E-state index in [1.165, 1.54) is 37.7 Å². The van der Waals surface area contributed by atoms with E-state index in [4.69, 9.17) is 9.47 Å². The molecule has 0 saturated carbocycles. The van der Waals surface area contributed by atoms with Gasteiger partial charge in [-0.1, -0.05) is 30.9 Å². The third kappa shape index (κ3) is 3.87. The summed E-state index contributed by atoms with van der Waals surface area (Å²) < 4.78 is 12.0. The molecule has 4 heteroatoms. The van der Waals surface area contributed by atoms with E-state index >= 15 is 0 Å². The second kappa shape index (κ2) is 7.63. The van der Waals surface area contributed by atoms with Crippen LogP contribution in [0.15, 0.2) is 11.6 Å². The highest BCUT2D eigenvalue weighted by molar-refractivity contribution is 5.75. The van der Waals surface area contributed by atoms with Crippen LogP contribution in [-0.2, 0) is 14.3 Å². The maximum absolute atomic E-state index is 12.8. The Morgan fingerprint density at radius 3 is 2.69 bits per heavy atom. The minimum atomic E-state index is -0.0905. The summed E-state index contributed by atoms with van der Waals surface area (Å²) >= 11 is 0. The van der Waals surface area contributed by atoms with Crippen molar-refractivity contribution in [3.63, 3.8) is 0 Å². The molecule has 26 heavy (non-hydrogen) atoms. The first kappa shape index (κ1) is 18.5. The molecule has 0 aromatic carbocycles. The van der Waals surface area contributed by atoms with Crippen molar-refractivity contribution in [1.82, 2.24) is 4.90 Å². The molecule has 0 amide bonds. The minimum Gasteiger partial charge on any atom is -0.459 e. The summed E-state index contributed by atoms with van der Waals surface area (Å²) in [5.41, 5.74) is 1.36. The van der Waals surface area contributed by atoms with Gasteiger partial charge in [-0.3, -0.25) is 4.79 Å². The summed E-state index contributed by atoms with van der Waals surface area (Å²) in [4.78, 5) is 15.3. The molecule has 146 valence electrons. The van der Waals surface area contributed by atoms with Crippen molar-refractivity contribution in [2.75, 3.05) is 19.6 Å². The van der Waals surface area contributed by atoms with Gasteiger partial charge in [-0.05, 0) is 65.5 Å². The summed E-state index contributed by atoms with van der Waals surface area (Å²) in [5.74, 6) is 0.363. The summed E-state index contributed by atoms with van der Waals surface area (Å²) in [6.07, 6.45) is 13.2. The summed E-state index contributed by atoms with van der Waals surface area (Å²) in [6, 6.07) is 0. The lowest BCUT2D eigenvalue weighted by atomic mass is 9.80. The van der Waals surface area contributed by atoms with Crippen LogP contribution in [0.25, 0.3) is 0 Å². The smallest absolute Gasteiger partial charge is 0.311 e. The molecule has 3 fully saturated rings. The first-order valence-electron chi connectivity index (χ1n) is 10.8. The number of allylic oxidation sites excluding steroid dienone is 2. The third-order valence-corrected chi connectivity index (χ3v) is 7.14. The molecule has 0 unspecified atom stereocenters. The first-order valence-corrected chi connectivity index (χ1v) is 10.8. The quantitative estimate of drug-likeness (QED) is 0.422. The van der Waals surface area contributed by atoms with Gasteiger partial charge in [-0.2, -0.15) is 0 Å². The van der Waals surface area contributed by atoms with Crippen molar-refractivity contribution in [2.24, 2.45) is 11.8 Å². The van der Waals surface area contributed by atoms with Crippen LogP contribution < -0.4 is 0 Å². The van der Waals surface area contributed by atoms with Crippen molar-refractivity contribution < 1.29 is 14.3 Å². The Kier molecular flexibility index (Phi) is 5.43. The number of rotatable bonds is 2. The average molecular weight is 362 g/mol. The lowest BCUT2D eigenvalue weighted by Gasteiger charge is -2.29. The van der Waals surface area contributed by atoms with Crippen molar-refractivity contribution >= 4 is 5.97 Å². The van der Waals surface area contributed by atoms with E-state index in [1.54, 1.807) is 0 Å². The third-order valence-electron chi connectivity index (χ3n) is 7.14. The van der Waals surface area contributed by atoms with Gasteiger partial charge in [0.15, 0.2) is 0 Å². The fourth-order valence-electron chi connectivity index (χ4n) is 5.32. The van der Waals surface area contributed by atoms with E-state index in [2.05, 4.69) is 24.8 Å². The van der Waals surface area contributed by atoms with E-state index in [-0.39, 0.29) is 29.7 Å². The Morgan fingerprint density at radius 1 is 1.19 bits per heavy atom. The highest BCUT2D eigenvalue weighted by Crippen LogP contribution is 2.50. The highest BCUT2D eigenvalue weighted by atomic mass is 16.6. The zero-order valence-electron chi connectivity index (χ0n) is 16.5. The Hall–Kier alpha value is -0.870. The van der Waals surface area contributed by atoms with Crippen LogP contribution in [0.5, 0.6) is 0 Å². The number of ether oxygens (including phenoxy) is 2. The lowest BCUT2D eigenvalue weighted by molar-refractivity contribution is -0.145. The molecule has 0 bridgehead atoms. The monoisotopic (exact) mass is 361 g/mol. The Balaban J connectivity index is 1.49. The van der Waals surface area contributed by atoms with Crippen LogP contribution in [0.3, 0.4) is 0 Å². The number of hydrogen-bond acceptors (Lipinski definition) is 4. The van der Waals surface area contributed by atoms with E-state index in [0.717, 1.165) is 45.3 Å². The van der Waals surface area contributed by atoms with Crippen molar-refractivity contribution in [3.8, 4) is 0 Å². The molecular formula is C22H35NO3. The van der Waals surface area contributed by atoms with Crippen LogP contribution in [0, 0.1) is 11.8 Å². The molecule has 3 saturated heterocycles. The fourth-order valence-corrected chi connectivity index (χ4v) is 5.32. The van der Waals surface area contributed by atoms with Crippen LogP contribution >= 0.6 is 0 Å². The van der Waals surface area contributed by atoms with Gasteiger partial charge >= 0.3 is 5.97 Å². The average Bonchev–Trinajstić information content (AvgIpc) is 3.14. The van der Waals surface area contributed by atoms with Crippen LogP contribution in [0.2, 0.25) is 0 Å². The van der Waals surface area contributed by atoms with Crippen LogP contribution in [0.4, 0.5) is 0 Å². The standard InChI is InChI=1S/C22H35NO3/c1-16-9-8-12-22(2)20(26-22)19-17(11-10-16)18(21(24)25-19)15-23-13-6-4-3-5-7-14-23/h9,17-20H,3-8,10-15H2,1-2H3/b16-9+/t17-,18-,19-,20-,22+/m0/s1. The minimum absolute atomic E-state index is 0.0279.